The highest BCUT2D eigenvalue weighted by molar-refractivity contribution is 5.97. The molecule has 1 saturated heterocycles. The molecule has 0 radical (unpaired) electrons. The second-order valence-corrected chi connectivity index (χ2v) is 7.42. The van der Waals surface area contributed by atoms with E-state index < -0.39 is 5.97 Å². The van der Waals surface area contributed by atoms with Crippen LogP contribution >= 0.6 is 0 Å². The molecular formula is C21H21N7O2. The molecule has 0 bridgehead atoms. The van der Waals surface area contributed by atoms with E-state index in [2.05, 4.69) is 20.7 Å². The third-order valence-electron chi connectivity index (χ3n) is 5.32. The molecule has 30 heavy (non-hydrogen) atoms. The number of anilines is 1. The van der Waals surface area contributed by atoms with Crippen molar-refractivity contribution in [2.45, 2.75) is 12.5 Å². The third-order valence-corrected chi connectivity index (χ3v) is 5.32. The van der Waals surface area contributed by atoms with Crippen molar-refractivity contribution in [3.8, 4) is 22.5 Å². The van der Waals surface area contributed by atoms with Crippen LogP contribution in [0.5, 0.6) is 0 Å². The fourth-order valence-electron chi connectivity index (χ4n) is 3.82. The molecular weight excluding hydrogens is 382 g/mol. The maximum absolute atomic E-state index is 11.8. The Morgan fingerprint density at radius 3 is 2.93 bits per heavy atom. The predicted octanol–water partition coefficient (Wildman–Crippen LogP) is 2.27. The highest BCUT2D eigenvalue weighted by Gasteiger charge is 2.19. The number of hydrogen-bond donors (Lipinski definition) is 3. The molecule has 4 aromatic heterocycles. The summed E-state index contributed by atoms with van der Waals surface area (Å²) in [5, 5.41) is 20.7. The van der Waals surface area contributed by atoms with Crippen LogP contribution < -0.4 is 10.6 Å². The summed E-state index contributed by atoms with van der Waals surface area (Å²) >= 11 is 0. The highest BCUT2D eigenvalue weighted by Crippen LogP contribution is 2.28. The monoisotopic (exact) mass is 403 g/mol. The number of carboxylic acid groups (broad SMARTS) is 1. The lowest BCUT2D eigenvalue weighted by Gasteiger charge is -2.13. The minimum atomic E-state index is -1.00. The Labute approximate surface area is 172 Å². The number of fused-ring (bicyclic) bond motifs is 1. The van der Waals surface area contributed by atoms with Crippen molar-refractivity contribution < 1.29 is 9.90 Å². The van der Waals surface area contributed by atoms with Gasteiger partial charge in [0.25, 0.3) is 0 Å². The zero-order valence-corrected chi connectivity index (χ0v) is 16.4. The third kappa shape index (κ3) is 3.29. The molecule has 3 N–H and O–H groups in total. The lowest BCUT2D eigenvalue weighted by molar-refractivity contribution is 0.0697. The van der Waals surface area contributed by atoms with Crippen LogP contribution in [-0.2, 0) is 7.05 Å². The summed E-state index contributed by atoms with van der Waals surface area (Å²) in [7, 11) is 1.80. The first kappa shape index (κ1) is 18.3. The van der Waals surface area contributed by atoms with Gasteiger partial charge >= 0.3 is 5.97 Å². The van der Waals surface area contributed by atoms with Crippen molar-refractivity contribution in [2.24, 2.45) is 7.05 Å². The Morgan fingerprint density at radius 1 is 1.30 bits per heavy atom. The number of rotatable bonds is 5. The average Bonchev–Trinajstić information content (AvgIpc) is 3.48. The van der Waals surface area contributed by atoms with E-state index in [4.69, 9.17) is 4.98 Å². The number of aryl methyl sites for hydroxylation is 1. The largest absolute Gasteiger partial charge is 0.478 e. The van der Waals surface area contributed by atoms with Gasteiger partial charge in [-0.3, -0.25) is 9.08 Å². The molecule has 0 amide bonds. The smallest absolute Gasteiger partial charge is 0.336 e. The van der Waals surface area contributed by atoms with E-state index in [9.17, 15) is 9.90 Å². The van der Waals surface area contributed by atoms with Gasteiger partial charge in [-0.25, -0.2) is 14.8 Å². The minimum Gasteiger partial charge on any atom is -0.478 e. The number of pyridine rings is 2. The number of aromatic carboxylic acids is 1. The highest BCUT2D eigenvalue weighted by atomic mass is 16.4. The van der Waals surface area contributed by atoms with Gasteiger partial charge in [-0.1, -0.05) is 6.07 Å². The van der Waals surface area contributed by atoms with Crippen molar-refractivity contribution in [3.63, 3.8) is 0 Å². The van der Waals surface area contributed by atoms with Crippen molar-refractivity contribution in [1.29, 1.82) is 0 Å². The number of carbonyl (C=O) groups is 1. The lowest BCUT2D eigenvalue weighted by Crippen LogP contribution is -2.22. The molecule has 1 aliphatic heterocycles. The first-order valence-electron chi connectivity index (χ1n) is 9.76. The average molecular weight is 403 g/mol. The molecule has 4 aromatic rings. The Balaban J connectivity index is 1.59. The van der Waals surface area contributed by atoms with E-state index in [0.717, 1.165) is 42.3 Å². The number of hydrogen-bond acceptors (Lipinski definition) is 6. The number of nitrogens with one attached hydrogen (secondary N) is 2. The van der Waals surface area contributed by atoms with E-state index in [0.29, 0.717) is 17.3 Å². The minimum absolute atomic E-state index is 0.185. The van der Waals surface area contributed by atoms with Gasteiger partial charge in [-0.05, 0) is 31.2 Å². The normalized spacial score (nSPS) is 16.2. The van der Waals surface area contributed by atoms with Gasteiger partial charge in [-0.15, -0.1) is 0 Å². The maximum Gasteiger partial charge on any atom is 0.336 e. The molecule has 5 rings (SSSR count). The summed E-state index contributed by atoms with van der Waals surface area (Å²) in [6, 6.07) is 7.79. The molecule has 0 aliphatic carbocycles. The van der Waals surface area contributed by atoms with Crippen LogP contribution in [0.4, 0.5) is 5.82 Å². The SMILES string of the molecule is Cn1cc(-c2cn3c(-c4cccc(NC5CCNC5)n4)cnc3cc2C(=O)O)cn1. The molecule has 1 atom stereocenters. The first-order valence-corrected chi connectivity index (χ1v) is 9.76. The molecule has 0 spiro atoms. The Morgan fingerprint density at radius 2 is 2.20 bits per heavy atom. The predicted molar refractivity (Wildman–Crippen MR) is 112 cm³/mol. The molecule has 1 fully saturated rings. The van der Waals surface area contributed by atoms with Crippen LogP contribution in [0.3, 0.4) is 0 Å². The van der Waals surface area contributed by atoms with Gasteiger partial charge in [0.1, 0.15) is 11.5 Å². The lowest BCUT2D eigenvalue weighted by atomic mass is 10.1. The van der Waals surface area contributed by atoms with Crippen molar-refractivity contribution in [2.75, 3.05) is 18.4 Å². The van der Waals surface area contributed by atoms with Crippen LogP contribution in [0.15, 0.2) is 49.1 Å². The molecule has 1 unspecified atom stereocenters. The molecule has 1 aliphatic rings. The number of imidazole rings is 1. The van der Waals surface area contributed by atoms with Gasteiger partial charge in [-0.2, -0.15) is 5.10 Å². The summed E-state index contributed by atoms with van der Waals surface area (Å²) in [4.78, 5) is 21.0. The quantitative estimate of drug-likeness (QED) is 0.469. The van der Waals surface area contributed by atoms with Crippen LogP contribution in [0.2, 0.25) is 0 Å². The van der Waals surface area contributed by atoms with E-state index in [1.54, 1.807) is 42.6 Å². The first-order chi connectivity index (χ1) is 14.6. The van der Waals surface area contributed by atoms with Crippen LogP contribution in [0, 0.1) is 0 Å². The zero-order valence-electron chi connectivity index (χ0n) is 16.4. The fraction of sp³-hybridized carbons (Fsp3) is 0.238. The number of carboxylic acids is 1. The molecule has 0 aromatic carbocycles. The van der Waals surface area contributed by atoms with Crippen molar-refractivity contribution in [1.82, 2.24) is 29.5 Å². The second kappa shape index (κ2) is 7.27. The van der Waals surface area contributed by atoms with Crippen LogP contribution in [0.25, 0.3) is 28.2 Å². The Hall–Kier alpha value is -3.72. The fourth-order valence-corrected chi connectivity index (χ4v) is 3.82. The van der Waals surface area contributed by atoms with Crippen LogP contribution in [0.1, 0.15) is 16.8 Å². The second-order valence-electron chi connectivity index (χ2n) is 7.42. The van der Waals surface area contributed by atoms with Crippen LogP contribution in [-0.4, -0.2) is 54.4 Å². The molecule has 9 nitrogen and oxygen atoms in total. The summed E-state index contributed by atoms with van der Waals surface area (Å²) in [6.45, 7) is 1.93. The van der Waals surface area contributed by atoms with Gasteiger partial charge in [0.2, 0.25) is 0 Å². The standard InChI is InChI=1S/C21H21N7O2/c1-27-11-13(8-24-27)16-12-28-18(10-23-20(28)7-15(16)21(29)30)17-3-2-4-19(26-17)25-14-5-6-22-9-14/h2-4,7-8,10-12,14,22H,5-6,9H2,1H3,(H,25,26)(H,29,30). The maximum atomic E-state index is 11.8. The van der Waals surface area contributed by atoms with Gasteiger partial charge in [0.05, 0.1) is 29.3 Å². The van der Waals surface area contributed by atoms with E-state index in [1.165, 1.54) is 0 Å². The number of aromatic nitrogens is 5. The summed E-state index contributed by atoms with van der Waals surface area (Å²) in [6.07, 6.45) is 8.03. The van der Waals surface area contributed by atoms with Gasteiger partial charge in [0, 0.05) is 43.2 Å². The Bertz CT molecular complexity index is 1240. The topological polar surface area (TPSA) is 109 Å². The van der Waals surface area contributed by atoms with E-state index in [-0.39, 0.29) is 5.56 Å². The molecule has 9 heteroatoms. The number of nitrogens with zero attached hydrogens (tertiary/aromatic N) is 5. The van der Waals surface area contributed by atoms with Crippen molar-refractivity contribution in [3.05, 3.63) is 54.6 Å². The van der Waals surface area contributed by atoms with E-state index in [1.807, 2.05) is 22.6 Å². The van der Waals surface area contributed by atoms with Gasteiger partial charge in [0.15, 0.2) is 0 Å². The summed E-state index contributed by atoms with van der Waals surface area (Å²) in [5.41, 5.74) is 3.60. The summed E-state index contributed by atoms with van der Waals surface area (Å²) < 4.78 is 3.52. The molecule has 152 valence electrons. The Kier molecular flexibility index (Phi) is 4.44. The summed E-state index contributed by atoms with van der Waals surface area (Å²) in [5.74, 6) is -0.193. The zero-order chi connectivity index (χ0) is 20.7. The van der Waals surface area contributed by atoms with E-state index >= 15 is 0 Å². The van der Waals surface area contributed by atoms with Crippen molar-refractivity contribution >= 4 is 17.4 Å². The molecule has 0 saturated carbocycles. The van der Waals surface area contributed by atoms with Gasteiger partial charge < -0.3 is 15.7 Å². The molecule has 5 heterocycles.